The zero-order valence-electron chi connectivity index (χ0n) is 6.98. The van der Waals surface area contributed by atoms with Crippen LogP contribution < -0.4 is 0 Å². The van der Waals surface area contributed by atoms with Crippen molar-refractivity contribution in [3.05, 3.63) is 11.6 Å². The number of unbranched alkanes of at least 4 members (excludes halogenated alkanes) is 1. The molecule has 0 amide bonds. The maximum Gasteiger partial charge on any atom is 0.334 e. The third-order valence-electron chi connectivity index (χ3n) is 1.32. The molecular formula is C8H12BrClO2. The summed E-state index contributed by atoms with van der Waals surface area (Å²) in [5.41, 5.74) is 0.655. The second kappa shape index (κ2) is 7.62. The summed E-state index contributed by atoms with van der Waals surface area (Å²) in [6.07, 6.45) is 3.55. The maximum absolute atomic E-state index is 11.0. The molecule has 0 N–H and O–H groups in total. The molecule has 0 fully saturated rings. The predicted octanol–water partition coefficient (Wildman–Crippen LogP) is 2.50. The molecule has 0 radical (unpaired) electrons. The monoisotopic (exact) mass is 254 g/mol. The number of methoxy groups -OCH3 is 1. The van der Waals surface area contributed by atoms with Gasteiger partial charge in [-0.05, 0) is 12.8 Å². The van der Waals surface area contributed by atoms with Crippen molar-refractivity contribution < 1.29 is 9.53 Å². The van der Waals surface area contributed by atoms with Crippen LogP contribution in [0.4, 0.5) is 0 Å². The van der Waals surface area contributed by atoms with Crippen LogP contribution in [-0.2, 0) is 9.53 Å². The summed E-state index contributed by atoms with van der Waals surface area (Å²) in [4.78, 5) is 11.0. The average molecular weight is 256 g/mol. The standard InChI is InChI=1S/C8H12BrClO2/c1-12-8(11)7(6-9)4-2-3-5-10/h4H,2-3,5-6H2,1H3/b7-4+. The molecule has 70 valence electrons. The van der Waals surface area contributed by atoms with Crippen LogP contribution in [0.15, 0.2) is 11.6 Å². The van der Waals surface area contributed by atoms with E-state index in [1.54, 1.807) is 0 Å². The van der Waals surface area contributed by atoms with Gasteiger partial charge in [-0.25, -0.2) is 4.79 Å². The second-order valence-corrected chi connectivity index (χ2v) is 3.12. The molecule has 0 aliphatic carbocycles. The molecule has 4 heteroatoms. The van der Waals surface area contributed by atoms with Gasteiger partial charge in [0.2, 0.25) is 0 Å². The molecule has 0 aliphatic rings. The van der Waals surface area contributed by atoms with Crippen molar-refractivity contribution in [2.75, 3.05) is 18.3 Å². The first kappa shape index (κ1) is 12.0. The minimum absolute atomic E-state index is 0.276. The van der Waals surface area contributed by atoms with Crippen LogP contribution in [0.5, 0.6) is 0 Å². The highest BCUT2D eigenvalue weighted by atomic mass is 79.9. The van der Waals surface area contributed by atoms with Crippen LogP contribution in [0.1, 0.15) is 12.8 Å². The van der Waals surface area contributed by atoms with E-state index in [-0.39, 0.29) is 5.97 Å². The van der Waals surface area contributed by atoms with Crippen LogP contribution in [0, 0.1) is 0 Å². The van der Waals surface area contributed by atoms with Crippen molar-refractivity contribution in [3.63, 3.8) is 0 Å². The lowest BCUT2D eigenvalue weighted by Crippen LogP contribution is -2.05. The fraction of sp³-hybridized carbons (Fsp3) is 0.625. The molecule has 0 heterocycles. The Hall–Kier alpha value is -0.0200. The van der Waals surface area contributed by atoms with E-state index >= 15 is 0 Å². The summed E-state index contributed by atoms with van der Waals surface area (Å²) in [7, 11) is 1.38. The minimum atomic E-state index is -0.276. The van der Waals surface area contributed by atoms with Gasteiger partial charge in [-0.2, -0.15) is 0 Å². The van der Waals surface area contributed by atoms with E-state index in [9.17, 15) is 4.79 Å². The molecular weight excluding hydrogens is 243 g/mol. The molecule has 0 spiro atoms. The zero-order chi connectivity index (χ0) is 9.40. The molecule has 0 saturated carbocycles. The third-order valence-corrected chi connectivity index (χ3v) is 2.19. The van der Waals surface area contributed by atoms with E-state index in [4.69, 9.17) is 11.6 Å². The number of carbonyl (C=O) groups is 1. The number of allylic oxidation sites excluding steroid dienone is 1. The molecule has 0 aromatic heterocycles. The van der Waals surface area contributed by atoms with E-state index in [0.29, 0.717) is 16.8 Å². The van der Waals surface area contributed by atoms with Gasteiger partial charge in [-0.1, -0.05) is 22.0 Å². The largest absolute Gasteiger partial charge is 0.466 e. The molecule has 0 aromatic carbocycles. The SMILES string of the molecule is COC(=O)/C(=C/CCCCl)CBr. The van der Waals surface area contributed by atoms with Gasteiger partial charge in [-0.3, -0.25) is 0 Å². The van der Waals surface area contributed by atoms with E-state index in [2.05, 4.69) is 20.7 Å². The number of hydrogen-bond acceptors (Lipinski definition) is 2. The second-order valence-electron chi connectivity index (χ2n) is 2.19. The molecule has 0 saturated heterocycles. The number of alkyl halides is 2. The Morgan fingerprint density at radius 1 is 1.67 bits per heavy atom. The Labute approximate surface area is 86.1 Å². The lowest BCUT2D eigenvalue weighted by Gasteiger charge is -2.00. The predicted molar refractivity (Wildman–Crippen MR) is 53.8 cm³/mol. The number of esters is 1. The number of rotatable bonds is 5. The Kier molecular flexibility index (Phi) is 7.61. The number of halogens is 2. The van der Waals surface area contributed by atoms with E-state index in [1.807, 2.05) is 6.08 Å². The molecule has 2 nitrogen and oxygen atoms in total. The first-order valence-corrected chi connectivity index (χ1v) is 5.31. The van der Waals surface area contributed by atoms with E-state index in [0.717, 1.165) is 12.8 Å². The summed E-state index contributed by atoms with van der Waals surface area (Å²) < 4.78 is 4.56. The van der Waals surface area contributed by atoms with Gasteiger partial charge in [0.15, 0.2) is 0 Å². The van der Waals surface area contributed by atoms with Crippen LogP contribution in [0.25, 0.3) is 0 Å². The minimum Gasteiger partial charge on any atom is -0.466 e. The summed E-state index contributed by atoms with van der Waals surface area (Å²) >= 11 is 8.69. The first-order valence-electron chi connectivity index (χ1n) is 3.65. The lowest BCUT2D eigenvalue weighted by atomic mass is 10.2. The Balaban J connectivity index is 3.95. The molecule has 0 aliphatic heterocycles. The van der Waals surface area contributed by atoms with Crippen molar-refractivity contribution in [1.29, 1.82) is 0 Å². The Bertz CT molecular complexity index is 168. The molecule has 0 unspecified atom stereocenters. The fourth-order valence-corrected chi connectivity index (χ4v) is 1.29. The Morgan fingerprint density at radius 3 is 2.75 bits per heavy atom. The normalized spacial score (nSPS) is 11.4. The molecule has 0 bridgehead atoms. The van der Waals surface area contributed by atoms with Crippen LogP contribution in [0.2, 0.25) is 0 Å². The van der Waals surface area contributed by atoms with Crippen LogP contribution >= 0.6 is 27.5 Å². The summed E-state index contributed by atoms with van der Waals surface area (Å²) in [6, 6.07) is 0. The maximum atomic E-state index is 11.0. The van der Waals surface area contributed by atoms with Gasteiger partial charge in [0.1, 0.15) is 0 Å². The third kappa shape index (κ3) is 4.78. The van der Waals surface area contributed by atoms with Gasteiger partial charge in [0, 0.05) is 16.8 Å². The van der Waals surface area contributed by atoms with Crippen molar-refractivity contribution in [1.82, 2.24) is 0 Å². The summed E-state index contributed by atoms with van der Waals surface area (Å²) in [6.45, 7) is 0. The first-order chi connectivity index (χ1) is 5.76. The fourth-order valence-electron chi connectivity index (χ4n) is 0.677. The number of carbonyl (C=O) groups excluding carboxylic acids is 1. The Morgan fingerprint density at radius 2 is 2.33 bits per heavy atom. The van der Waals surface area contributed by atoms with Crippen molar-refractivity contribution >= 4 is 33.5 Å². The molecule has 0 rings (SSSR count). The smallest absolute Gasteiger partial charge is 0.334 e. The quantitative estimate of drug-likeness (QED) is 0.327. The molecule has 12 heavy (non-hydrogen) atoms. The van der Waals surface area contributed by atoms with Crippen LogP contribution in [0.3, 0.4) is 0 Å². The highest BCUT2D eigenvalue weighted by Gasteiger charge is 2.05. The summed E-state index contributed by atoms with van der Waals surface area (Å²) in [5, 5.41) is 0.530. The topological polar surface area (TPSA) is 26.3 Å². The summed E-state index contributed by atoms with van der Waals surface area (Å²) in [5.74, 6) is 0.342. The zero-order valence-corrected chi connectivity index (χ0v) is 9.32. The van der Waals surface area contributed by atoms with Gasteiger partial charge >= 0.3 is 5.97 Å². The van der Waals surface area contributed by atoms with Crippen LogP contribution in [-0.4, -0.2) is 24.3 Å². The van der Waals surface area contributed by atoms with E-state index < -0.39 is 0 Å². The van der Waals surface area contributed by atoms with Gasteiger partial charge < -0.3 is 4.74 Å². The highest BCUT2D eigenvalue weighted by Crippen LogP contribution is 2.05. The van der Waals surface area contributed by atoms with Gasteiger partial charge in [-0.15, -0.1) is 11.6 Å². The van der Waals surface area contributed by atoms with Crippen molar-refractivity contribution in [2.45, 2.75) is 12.8 Å². The molecule has 0 atom stereocenters. The highest BCUT2D eigenvalue weighted by molar-refractivity contribution is 9.09. The number of ether oxygens (including phenoxy) is 1. The van der Waals surface area contributed by atoms with E-state index in [1.165, 1.54) is 7.11 Å². The van der Waals surface area contributed by atoms with Gasteiger partial charge in [0.25, 0.3) is 0 Å². The van der Waals surface area contributed by atoms with Crippen molar-refractivity contribution in [2.24, 2.45) is 0 Å². The van der Waals surface area contributed by atoms with Gasteiger partial charge in [0.05, 0.1) is 7.11 Å². The lowest BCUT2D eigenvalue weighted by molar-refractivity contribution is -0.135. The number of hydrogen-bond donors (Lipinski definition) is 0. The molecule has 0 aromatic rings. The van der Waals surface area contributed by atoms with Crippen molar-refractivity contribution in [3.8, 4) is 0 Å². The average Bonchev–Trinajstić information content (AvgIpc) is 2.11.